The maximum Gasteiger partial charge on any atom is 0.191 e. The van der Waals surface area contributed by atoms with E-state index in [2.05, 4.69) is 35.5 Å². The van der Waals surface area contributed by atoms with Gasteiger partial charge in [-0.25, -0.2) is 8.42 Å². The van der Waals surface area contributed by atoms with Gasteiger partial charge in [0.15, 0.2) is 15.8 Å². The first-order valence-corrected chi connectivity index (χ1v) is 11.1. The average Bonchev–Trinajstić information content (AvgIpc) is 2.62. The zero-order chi connectivity index (χ0) is 20.6. The molecule has 6 nitrogen and oxygen atoms in total. The second-order valence-corrected chi connectivity index (χ2v) is 8.78. The van der Waals surface area contributed by atoms with Crippen molar-refractivity contribution in [3.8, 4) is 5.75 Å². The molecular formula is C21H30IN3O3S. The second-order valence-electron chi connectivity index (χ2n) is 6.76. The van der Waals surface area contributed by atoms with E-state index in [4.69, 9.17) is 4.74 Å². The van der Waals surface area contributed by atoms with Gasteiger partial charge >= 0.3 is 0 Å². The topological polar surface area (TPSA) is 79.8 Å². The lowest BCUT2D eigenvalue weighted by Crippen LogP contribution is -2.40. The van der Waals surface area contributed by atoms with Gasteiger partial charge in [-0.3, -0.25) is 4.99 Å². The van der Waals surface area contributed by atoms with Gasteiger partial charge in [0.2, 0.25) is 0 Å². The van der Waals surface area contributed by atoms with Gasteiger partial charge in [-0.15, -0.1) is 24.0 Å². The molecule has 0 saturated heterocycles. The van der Waals surface area contributed by atoms with Crippen molar-refractivity contribution in [3.05, 3.63) is 59.2 Å². The zero-order valence-corrected chi connectivity index (χ0v) is 20.5. The number of guanidine groups is 1. The molecule has 2 aromatic carbocycles. The Morgan fingerprint density at radius 3 is 2.14 bits per heavy atom. The summed E-state index contributed by atoms with van der Waals surface area (Å²) in [6.07, 6.45) is 1.98. The highest BCUT2D eigenvalue weighted by Crippen LogP contribution is 2.15. The van der Waals surface area contributed by atoms with Crippen molar-refractivity contribution in [1.82, 2.24) is 10.6 Å². The fraction of sp³-hybridized carbons (Fsp3) is 0.381. The molecule has 0 atom stereocenters. The minimum absolute atomic E-state index is 0. The van der Waals surface area contributed by atoms with Crippen LogP contribution in [0.1, 0.15) is 16.7 Å². The predicted molar refractivity (Wildman–Crippen MR) is 129 cm³/mol. The summed E-state index contributed by atoms with van der Waals surface area (Å²) >= 11 is 0. The van der Waals surface area contributed by atoms with Crippen LogP contribution in [0.3, 0.4) is 0 Å². The van der Waals surface area contributed by atoms with Gasteiger partial charge in [-0.1, -0.05) is 18.2 Å². The minimum Gasteiger partial charge on any atom is -0.492 e. The average molecular weight is 531 g/mol. The maximum atomic E-state index is 11.5. The van der Waals surface area contributed by atoms with Crippen molar-refractivity contribution < 1.29 is 13.2 Å². The van der Waals surface area contributed by atoms with Gasteiger partial charge in [-0.2, -0.15) is 0 Å². The lowest BCUT2D eigenvalue weighted by Gasteiger charge is -2.13. The summed E-state index contributed by atoms with van der Waals surface area (Å²) in [5.41, 5.74) is 3.43. The number of benzene rings is 2. The molecule has 2 rings (SSSR count). The summed E-state index contributed by atoms with van der Waals surface area (Å²) < 4.78 is 28.8. The van der Waals surface area contributed by atoms with E-state index in [-0.39, 0.29) is 24.0 Å². The fourth-order valence-corrected chi connectivity index (χ4v) is 3.43. The molecular weight excluding hydrogens is 501 g/mol. The van der Waals surface area contributed by atoms with E-state index in [9.17, 15) is 8.42 Å². The quantitative estimate of drug-likeness (QED) is 0.237. The van der Waals surface area contributed by atoms with Crippen molar-refractivity contribution in [1.29, 1.82) is 0 Å². The van der Waals surface area contributed by atoms with Gasteiger partial charge < -0.3 is 15.4 Å². The summed E-state index contributed by atoms with van der Waals surface area (Å²) in [7, 11) is -1.43. The van der Waals surface area contributed by atoms with Crippen molar-refractivity contribution in [2.75, 3.05) is 33.0 Å². The van der Waals surface area contributed by atoms with Crippen LogP contribution in [-0.4, -0.2) is 47.4 Å². The highest BCUT2D eigenvalue weighted by atomic mass is 127. The van der Waals surface area contributed by atoms with Crippen LogP contribution in [0.2, 0.25) is 0 Å². The van der Waals surface area contributed by atoms with Gasteiger partial charge in [0.05, 0.1) is 11.4 Å². The number of aryl methyl sites for hydroxylation is 2. The highest BCUT2D eigenvalue weighted by molar-refractivity contribution is 14.0. The number of nitrogens with one attached hydrogen (secondary N) is 2. The predicted octanol–water partition coefficient (Wildman–Crippen LogP) is 3.11. The summed E-state index contributed by atoms with van der Waals surface area (Å²) in [5.74, 6) is 1.58. The van der Waals surface area contributed by atoms with E-state index in [1.54, 1.807) is 19.2 Å². The van der Waals surface area contributed by atoms with Gasteiger partial charge in [0, 0.05) is 19.8 Å². The van der Waals surface area contributed by atoms with Gasteiger partial charge in [0.25, 0.3) is 0 Å². The molecule has 0 radical (unpaired) electrons. The Morgan fingerprint density at radius 1 is 1.00 bits per heavy atom. The molecule has 0 aliphatic rings. The molecule has 0 aliphatic heterocycles. The monoisotopic (exact) mass is 531 g/mol. The van der Waals surface area contributed by atoms with E-state index in [1.807, 2.05) is 24.3 Å². The fourth-order valence-electron chi connectivity index (χ4n) is 2.80. The summed E-state index contributed by atoms with van der Waals surface area (Å²) in [5, 5.41) is 6.46. The van der Waals surface area contributed by atoms with E-state index in [1.165, 1.54) is 17.4 Å². The molecule has 2 N–H and O–H groups in total. The summed E-state index contributed by atoms with van der Waals surface area (Å²) in [6.45, 7) is 5.97. The molecule has 8 heteroatoms. The van der Waals surface area contributed by atoms with Gasteiger partial charge in [0.1, 0.15) is 12.4 Å². The zero-order valence-electron chi connectivity index (χ0n) is 17.4. The smallest absolute Gasteiger partial charge is 0.191 e. The molecule has 0 unspecified atom stereocenters. The van der Waals surface area contributed by atoms with E-state index in [0.29, 0.717) is 30.6 Å². The Hall–Kier alpha value is -1.81. The van der Waals surface area contributed by atoms with Crippen molar-refractivity contribution in [3.63, 3.8) is 0 Å². The number of halogens is 1. The normalized spacial score (nSPS) is 11.5. The first kappa shape index (κ1) is 25.2. The SMILES string of the molecule is CN=C(NCCOc1cc(C)cc(C)c1)NCCc1ccc(S(C)(=O)=O)cc1.I. The molecule has 29 heavy (non-hydrogen) atoms. The lowest BCUT2D eigenvalue weighted by atomic mass is 10.1. The highest BCUT2D eigenvalue weighted by Gasteiger charge is 2.06. The van der Waals surface area contributed by atoms with Crippen LogP contribution in [-0.2, 0) is 16.3 Å². The van der Waals surface area contributed by atoms with Crippen LogP contribution in [0, 0.1) is 13.8 Å². The first-order valence-electron chi connectivity index (χ1n) is 9.22. The Balaban J connectivity index is 0.00000420. The molecule has 0 spiro atoms. The van der Waals surface area contributed by atoms with Crippen molar-refractivity contribution in [2.24, 2.45) is 4.99 Å². The largest absolute Gasteiger partial charge is 0.492 e. The minimum atomic E-state index is -3.15. The number of hydrogen-bond acceptors (Lipinski definition) is 4. The summed E-state index contributed by atoms with van der Waals surface area (Å²) in [6, 6.07) is 13.1. The maximum absolute atomic E-state index is 11.5. The van der Waals surface area contributed by atoms with Gasteiger partial charge in [-0.05, 0) is 61.2 Å². The van der Waals surface area contributed by atoms with E-state index >= 15 is 0 Å². The molecule has 0 heterocycles. The third-order valence-electron chi connectivity index (χ3n) is 4.14. The van der Waals surface area contributed by atoms with Crippen LogP contribution in [0.15, 0.2) is 52.4 Å². The number of nitrogens with zero attached hydrogens (tertiary/aromatic N) is 1. The Kier molecular flexibility index (Phi) is 10.5. The Labute approximate surface area is 191 Å². The molecule has 160 valence electrons. The molecule has 0 saturated carbocycles. The van der Waals surface area contributed by atoms with Crippen molar-refractivity contribution >= 4 is 39.8 Å². The van der Waals surface area contributed by atoms with Crippen LogP contribution < -0.4 is 15.4 Å². The Morgan fingerprint density at radius 2 is 1.59 bits per heavy atom. The first-order chi connectivity index (χ1) is 13.3. The third-order valence-corrected chi connectivity index (χ3v) is 5.27. The van der Waals surface area contributed by atoms with Crippen LogP contribution >= 0.6 is 24.0 Å². The van der Waals surface area contributed by atoms with Crippen molar-refractivity contribution in [2.45, 2.75) is 25.2 Å². The number of ether oxygens (including phenoxy) is 1. The molecule has 0 fully saturated rings. The number of rotatable bonds is 8. The van der Waals surface area contributed by atoms with E-state index in [0.717, 1.165) is 17.7 Å². The molecule has 0 amide bonds. The van der Waals surface area contributed by atoms with E-state index < -0.39 is 9.84 Å². The lowest BCUT2D eigenvalue weighted by molar-refractivity contribution is 0.321. The number of hydrogen-bond donors (Lipinski definition) is 2. The molecule has 0 aliphatic carbocycles. The molecule has 0 bridgehead atoms. The standard InChI is InChI=1S/C21H29N3O3S.HI/c1-16-13-17(2)15-19(14-16)27-12-11-24-21(22-3)23-10-9-18-5-7-20(8-6-18)28(4,25)26;/h5-8,13-15H,9-12H2,1-4H3,(H2,22,23,24);1H. The molecule has 0 aromatic heterocycles. The summed E-state index contributed by atoms with van der Waals surface area (Å²) in [4.78, 5) is 4.54. The van der Waals surface area contributed by atoms with Crippen LogP contribution in [0.5, 0.6) is 5.75 Å². The van der Waals surface area contributed by atoms with Crippen LogP contribution in [0.4, 0.5) is 0 Å². The second kappa shape index (κ2) is 12.0. The number of sulfone groups is 1. The third kappa shape index (κ3) is 9.03. The van der Waals surface area contributed by atoms with Crippen LogP contribution in [0.25, 0.3) is 0 Å². The Bertz CT molecular complexity index is 893. The molecule has 2 aromatic rings. The number of aliphatic imine (C=N–C) groups is 1.